The Morgan fingerprint density at radius 2 is 2.16 bits per heavy atom. The monoisotopic (exact) mass is 266 g/mol. The lowest BCUT2D eigenvalue weighted by Crippen LogP contribution is -2.17. The summed E-state index contributed by atoms with van der Waals surface area (Å²) in [4.78, 5) is 22.0. The van der Waals surface area contributed by atoms with Crippen LogP contribution in [0.15, 0.2) is 18.2 Å². The van der Waals surface area contributed by atoms with Gasteiger partial charge in [0, 0.05) is 12.0 Å². The molecule has 0 spiro atoms. The summed E-state index contributed by atoms with van der Waals surface area (Å²) < 4.78 is 16.0. The lowest BCUT2D eigenvalue weighted by atomic mass is 10.1. The molecule has 0 aromatic heterocycles. The lowest BCUT2D eigenvalue weighted by Gasteiger charge is -2.15. The number of hydrogen-bond donors (Lipinski definition) is 1. The highest BCUT2D eigenvalue weighted by Gasteiger charge is 2.21. The van der Waals surface area contributed by atoms with E-state index in [0.29, 0.717) is 24.7 Å². The third-order valence-corrected chi connectivity index (χ3v) is 2.80. The number of rotatable bonds is 5. The molecule has 1 aliphatic rings. The molecule has 0 amide bonds. The highest BCUT2D eigenvalue weighted by atomic mass is 16.6. The number of benzene rings is 1. The number of aliphatic carboxylic acids is 1. The fourth-order valence-electron chi connectivity index (χ4n) is 1.82. The number of hydrogen-bond acceptors (Lipinski definition) is 5. The highest BCUT2D eigenvalue weighted by molar-refractivity contribution is 6.39. The average Bonchev–Trinajstić information content (AvgIpc) is 2.91. The molecule has 19 heavy (non-hydrogen) atoms. The summed E-state index contributed by atoms with van der Waals surface area (Å²) in [6.07, 6.45) is 0.744. The first kappa shape index (κ1) is 13.4. The van der Waals surface area contributed by atoms with E-state index in [9.17, 15) is 9.59 Å². The normalized spacial score (nSPS) is 18.1. The van der Waals surface area contributed by atoms with Crippen LogP contribution in [0.25, 0.3) is 0 Å². The molecule has 1 saturated heterocycles. The van der Waals surface area contributed by atoms with Crippen LogP contribution in [0.3, 0.4) is 0 Å². The molecule has 0 radical (unpaired) electrons. The summed E-state index contributed by atoms with van der Waals surface area (Å²) in [5.41, 5.74) is 0.0550. The second kappa shape index (κ2) is 5.71. The molecule has 0 bridgehead atoms. The van der Waals surface area contributed by atoms with Gasteiger partial charge in [-0.3, -0.25) is 4.79 Å². The molecule has 1 unspecified atom stereocenters. The van der Waals surface area contributed by atoms with E-state index in [1.807, 2.05) is 0 Å². The van der Waals surface area contributed by atoms with Gasteiger partial charge >= 0.3 is 5.97 Å². The summed E-state index contributed by atoms with van der Waals surface area (Å²) in [5.74, 6) is -1.67. The fourth-order valence-corrected chi connectivity index (χ4v) is 1.82. The maximum absolute atomic E-state index is 11.4. The van der Waals surface area contributed by atoms with Gasteiger partial charge < -0.3 is 19.3 Å². The maximum Gasteiger partial charge on any atom is 0.377 e. The summed E-state index contributed by atoms with van der Waals surface area (Å²) >= 11 is 0. The van der Waals surface area contributed by atoms with Gasteiger partial charge in [0.15, 0.2) is 11.5 Å². The van der Waals surface area contributed by atoms with Crippen molar-refractivity contribution in [2.45, 2.75) is 12.5 Å². The minimum atomic E-state index is -1.50. The fraction of sp³-hybridized carbons (Fsp3) is 0.385. The number of carbonyl (C=O) groups excluding carboxylic acids is 1. The Bertz CT molecular complexity index is 490. The number of ether oxygens (including phenoxy) is 3. The zero-order chi connectivity index (χ0) is 13.8. The van der Waals surface area contributed by atoms with Crippen molar-refractivity contribution in [2.75, 3.05) is 20.3 Å². The van der Waals surface area contributed by atoms with Crippen LogP contribution in [0.4, 0.5) is 0 Å². The topological polar surface area (TPSA) is 82.1 Å². The van der Waals surface area contributed by atoms with Crippen LogP contribution in [0.5, 0.6) is 11.5 Å². The van der Waals surface area contributed by atoms with Crippen molar-refractivity contribution in [1.82, 2.24) is 0 Å². The minimum Gasteiger partial charge on any atom is -0.493 e. The van der Waals surface area contributed by atoms with Crippen LogP contribution >= 0.6 is 0 Å². The molecule has 1 aromatic carbocycles. The van der Waals surface area contributed by atoms with Gasteiger partial charge in [0.1, 0.15) is 6.10 Å². The van der Waals surface area contributed by atoms with Crippen molar-refractivity contribution < 1.29 is 28.9 Å². The highest BCUT2D eigenvalue weighted by Crippen LogP contribution is 2.30. The zero-order valence-corrected chi connectivity index (χ0v) is 10.4. The molecule has 0 aliphatic carbocycles. The van der Waals surface area contributed by atoms with Gasteiger partial charge in [0.2, 0.25) is 0 Å². The molecule has 1 aromatic rings. The van der Waals surface area contributed by atoms with E-state index in [0.717, 1.165) is 6.42 Å². The Morgan fingerprint density at radius 3 is 2.74 bits per heavy atom. The van der Waals surface area contributed by atoms with Crippen LogP contribution in [0.1, 0.15) is 16.8 Å². The van der Waals surface area contributed by atoms with E-state index in [4.69, 9.17) is 19.3 Å². The van der Waals surface area contributed by atoms with Crippen LogP contribution in [0.2, 0.25) is 0 Å². The van der Waals surface area contributed by atoms with Crippen molar-refractivity contribution in [3.63, 3.8) is 0 Å². The summed E-state index contributed by atoms with van der Waals surface area (Å²) in [5, 5.41) is 8.66. The summed E-state index contributed by atoms with van der Waals surface area (Å²) in [6, 6.07) is 4.30. The second-order valence-corrected chi connectivity index (χ2v) is 4.10. The first-order chi connectivity index (χ1) is 9.11. The number of ketones is 1. The quantitative estimate of drug-likeness (QED) is 0.635. The van der Waals surface area contributed by atoms with Gasteiger partial charge in [-0.25, -0.2) is 4.79 Å². The second-order valence-electron chi connectivity index (χ2n) is 4.10. The van der Waals surface area contributed by atoms with Crippen LogP contribution in [0, 0.1) is 0 Å². The number of carboxylic acid groups (broad SMARTS) is 1. The molecule has 1 atom stereocenters. The van der Waals surface area contributed by atoms with Crippen molar-refractivity contribution >= 4 is 11.8 Å². The first-order valence-corrected chi connectivity index (χ1v) is 5.82. The van der Waals surface area contributed by atoms with Gasteiger partial charge in [0.05, 0.1) is 20.3 Å². The standard InChI is InChI=1S/C13H14O6/c1-17-11-6-8(12(14)13(15)16)2-3-10(11)19-9-4-5-18-7-9/h2-3,6,9H,4-5,7H2,1H3,(H,15,16). The van der Waals surface area contributed by atoms with Gasteiger partial charge in [-0.2, -0.15) is 0 Å². The molecule has 1 aliphatic heterocycles. The third kappa shape index (κ3) is 3.03. The zero-order valence-electron chi connectivity index (χ0n) is 10.4. The number of Topliss-reactive ketones (excluding diaryl/α,β-unsaturated/α-hetero) is 1. The first-order valence-electron chi connectivity index (χ1n) is 5.82. The Labute approximate surface area is 109 Å². The predicted molar refractivity (Wildman–Crippen MR) is 64.8 cm³/mol. The predicted octanol–water partition coefficient (Wildman–Crippen LogP) is 1.13. The molecule has 6 nitrogen and oxygen atoms in total. The number of carboxylic acids is 1. The van der Waals surface area contributed by atoms with Crippen molar-refractivity contribution in [3.05, 3.63) is 23.8 Å². The van der Waals surface area contributed by atoms with Gasteiger partial charge in [-0.15, -0.1) is 0 Å². The molecule has 1 N–H and O–H groups in total. The van der Waals surface area contributed by atoms with Gasteiger partial charge in [0.25, 0.3) is 5.78 Å². The molecule has 2 rings (SSSR count). The molecular weight excluding hydrogens is 252 g/mol. The van der Waals surface area contributed by atoms with Crippen LogP contribution in [-0.4, -0.2) is 43.3 Å². The Balaban J connectivity index is 2.20. The van der Waals surface area contributed by atoms with E-state index in [1.54, 1.807) is 0 Å². The largest absolute Gasteiger partial charge is 0.493 e. The Hall–Kier alpha value is -2.08. The SMILES string of the molecule is COc1cc(C(=O)C(=O)O)ccc1OC1CCOC1. The van der Waals surface area contributed by atoms with E-state index >= 15 is 0 Å². The molecule has 1 heterocycles. The molecule has 1 fully saturated rings. The van der Waals surface area contributed by atoms with E-state index in [1.165, 1.54) is 25.3 Å². The summed E-state index contributed by atoms with van der Waals surface area (Å²) in [6.45, 7) is 1.17. The minimum absolute atomic E-state index is 0.0464. The van der Waals surface area contributed by atoms with Crippen LogP contribution < -0.4 is 9.47 Å². The lowest BCUT2D eigenvalue weighted by molar-refractivity contribution is -0.131. The van der Waals surface area contributed by atoms with Gasteiger partial charge in [-0.05, 0) is 18.2 Å². The summed E-state index contributed by atoms with van der Waals surface area (Å²) in [7, 11) is 1.43. The third-order valence-electron chi connectivity index (χ3n) is 2.80. The van der Waals surface area contributed by atoms with Crippen molar-refractivity contribution in [1.29, 1.82) is 0 Å². The molecule has 0 saturated carbocycles. The maximum atomic E-state index is 11.4. The Kier molecular flexibility index (Phi) is 4.01. The van der Waals surface area contributed by atoms with E-state index < -0.39 is 11.8 Å². The average molecular weight is 266 g/mol. The van der Waals surface area contributed by atoms with Crippen molar-refractivity contribution in [3.8, 4) is 11.5 Å². The molecule has 6 heteroatoms. The van der Waals surface area contributed by atoms with Crippen LogP contribution in [-0.2, 0) is 9.53 Å². The Morgan fingerprint density at radius 1 is 1.37 bits per heavy atom. The smallest absolute Gasteiger partial charge is 0.377 e. The number of methoxy groups -OCH3 is 1. The van der Waals surface area contributed by atoms with Crippen molar-refractivity contribution in [2.24, 2.45) is 0 Å². The van der Waals surface area contributed by atoms with E-state index in [-0.39, 0.29) is 11.7 Å². The molecule has 102 valence electrons. The molecular formula is C13H14O6. The van der Waals surface area contributed by atoms with E-state index in [2.05, 4.69) is 0 Å². The number of carbonyl (C=O) groups is 2. The van der Waals surface area contributed by atoms with Gasteiger partial charge in [-0.1, -0.05) is 0 Å².